The Morgan fingerprint density at radius 3 is 2.82 bits per heavy atom. The van der Waals surface area contributed by atoms with E-state index in [0.29, 0.717) is 35.7 Å². The Hall–Kier alpha value is -2.55. The molecule has 2 amide bonds. The van der Waals surface area contributed by atoms with Crippen LogP contribution in [0.2, 0.25) is 5.02 Å². The predicted octanol–water partition coefficient (Wildman–Crippen LogP) is 3.87. The molecule has 2 aliphatic heterocycles. The molecule has 1 unspecified atom stereocenters. The number of alkyl carbamates (subject to hydrolysis) is 1. The molecule has 2 aliphatic rings. The first kappa shape index (κ1) is 26.1. The number of benzene rings is 1. The van der Waals surface area contributed by atoms with Gasteiger partial charge in [-0.2, -0.15) is 0 Å². The van der Waals surface area contributed by atoms with Gasteiger partial charge in [-0.05, 0) is 43.9 Å². The van der Waals surface area contributed by atoms with Gasteiger partial charge in [0, 0.05) is 32.7 Å². The van der Waals surface area contributed by atoms with Gasteiger partial charge in [-0.25, -0.2) is 4.79 Å². The second kappa shape index (κ2) is 11.3. The second-order valence-corrected chi connectivity index (χ2v) is 9.45. The summed E-state index contributed by atoms with van der Waals surface area (Å²) >= 11 is 6.51. The number of nitrogens with zero attached hydrogens (tertiary/aromatic N) is 1. The van der Waals surface area contributed by atoms with E-state index in [1.165, 1.54) is 12.0 Å². The first-order valence-electron chi connectivity index (χ1n) is 11.4. The van der Waals surface area contributed by atoms with E-state index in [1.54, 1.807) is 13.1 Å². The predicted molar refractivity (Wildman–Crippen MR) is 130 cm³/mol. The lowest BCUT2D eigenvalue weighted by atomic mass is 9.95. The number of rotatable bonds is 1. The SMILES string of the molecule is COc1cc2cc(c1Cl)N(C)C(=O)CCC[C@@H](O)CC1C[C@](O)(C/C=C/C=C(\C)C2)NC(=O)O1. The largest absolute Gasteiger partial charge is 0.495 e. The summed E-state index contributed by atoms with van der Waals surface area (Å²) in [5.41, 5.74) is 1.10. The first-order chi connectivity index (χ1) is 16.1. The number of aliphatic hydroxyl groups is 2. The maximum absolute atomic E-state index is 12.9. The van der Waals surface area contributed by atoms with Gasteiger partial charge in [0.2, 0.25) is 5.91 Å². The zero-order valence-corrected chi connectivity index (χ0v) is 20.6. The number of nitrogens with one attached hydrogen (secondary N) is 1. The number of amides is 2. The van der Waals surface area contributed by atoms with E-state index in [2.05, 4.69) is 5.32 Å². The number of carbonyl (C=O) groups excluding carboxylic acids is 2. The molecule has 8 nitrogen and oxygen atoms in total. The van der Waals surface area contributed by atoms with E-state index in [0.717, 1.165) is 11.1 Å². The normalized spacial score (nSPS) is 29.5. The molecule has 0 aliphatic carbocycles. The molecular weight excluding hydrogens is 460 g/mol. The number of methoxy groups -OCH3 is 1. The van der Waals surface area contributed by atoms with Crippen LogP contribution in [0.5, 0.6) is 5.75 Å². The third-order valence-corrected chi connectivity index (χ3v) is 6.51. The average molecular weight is 493 g/mol. The molecule has 1 fully saturated rings. The molecule has 0 saturated carbocycles. The van der Waals surface area contributed by atoms with Gasteiger partial charge >= 0.3 is 6.09 Å². The summed E-state index contributed by atoms with van der Waals surface area (Å²) in [5, 5.41) is 24.1. The van der Waals surface area contributed by atoms with Crippen LogP contribution < -0.4 is 15.0 Å². The number of halogens is 1. The molecule has 3 atom stereocenters. The fourth-order valence-corrected chi connectivity index (χ4v) is 4.64. The maximum atomic E-state index is 12.9. The highest BCUT2D eigenvalue weighted by atomic mass is 35.5. The Labute approximate surface area is 205 Å². The van der Waals surface area contributed by atoms with Gasteiger partial charge in [-0.15, -0.1) is 0 Å². The van der Waals surface area contributed by atoms with Gasteiger partial charge in [0.1, 0.15) is 22.6 Å². The van der Waals surface area contributed by atoms with Crippen LogP contribution >= 0.6 is 11.6 Å². The third-order valence-electron chi connectivity index (χ3n) is 6.13. The average Bonchev–Trinajstić information content (AvgIpc) is 2.76. The van der Waals surface area contributed by atoms with Gasteiger partial charge in [-0.3, -0.25) is 10.1 Å². The van der Waals surface area contributed by atoms with Crippen molar-refractivity contribution in [2.24, 2.45) is 0 Å². The smallest absolute Gasteiger partial charge is 0.409 e. The molecule has 0 aromatic heterocycles. The minimum Gasteiger partial charge on any atom is -0.495 e. The van der Waals surface area contributed by atoms with E-state index >= 15 is 0 Å². The second-order valence-electron chi connectivity index (χ2n) is 9.08. The number of ether oxygens (including phenoxy) is 2. The van der Waals surface area contributed by atoms with Crippen molar-refractivity contribution in [3.05, 3.63) is 46.5 Å². The fourth-order valence-electron chi connectivity index (χ4n) is 4.33. The Balaban J connectivity index is 1.90. The van der Waals surface area contributed by atoms with Crippen molar-refractivity contribution in [3.8, 4) is 5.75 Å². The molecule has 1 saturated heterocycles. The van der Waals surface area contributed by atoms with Crippen LogP contribution in [0.25, 0.3) is 0 Å². The van der Waals surface area contributed by atoms with Crippen LogP contribution in [-0.2, 0) is 16.0 Å². The van der Waals surface area contributed by atoms with Crippen LogP contribution in [0.3, 0.4) is 0 Å². The number of hydrogen-bond donors (Lipinski definition) is 3. The molecule has 186 valence electrons. The topological polar surface area (TPSA) is 108 Å². The number of anilines is 1. The zero-order chi connectivity index (χ0) is 24.9. The Bertz CT molecular complexity index is 978. The molecule has 0 spiro atoms. The highest BCUT2D eigenvalue weighted by Crippen LogP contribution is 2.37. The lowest BCUT2D eigenvalue weighted by molar-refractivity contribution is -0.118. The minimum atomic E-state index is -1.45. The van der Waals surface area contributed by atoms with Gasteiger partial charge in [0.05, 0.1) is 18.9 Å². The molecule has 2 heterocycles. The quantitative estimate of drug-likeness (QED) is 0.549. The van der Waals surface area contributed by atoms with Gasteiger partial charge in [-0.1, -0.05) is 35.4 Å². The fraction of sp³-hybridized carbons (Fsp3) is 0.520. The summed E-state index contributed by atoms with van der Waals surface area (Å²) in [5.74, 6) is 0.354. The van der Waals surface area contributed by atoms with Crippen molar-refractivity contribution in [1.82, 2.24) is 5.32 Å². The van der Waals surface area contributed by atoms with Gasteiger partial charge < -0.3 is 24.6 Å². The van der Waals surface area contributed by atoms with E-state index in [1.807, 2.05) is 31.2 Å². The lowest BCUT2D eigenvalue weighted by Crippen LogP contribution is -2.56. The van der Waals surface area contributed by atoms with E-state index in [-0.39, 0.29) is 31.6 Å². The van der Waals surface area contributed by atoms with E-state index in [4.69, 9.17) is 21.1 Å². The van der Waals surface area contributed by atoms with Crippen molar-refractivity contribution in [2.45, 2.75) is 69.8 Å². The number of allylic oxidation sites excluding steroid dienone is 3. The molecule has 3 rings (SSSR count). The Morgan fingerprint density at radius 1 is 1.32 bits per heavy atom. The molecular formula is C25H33ClN2O6. The highest BCUT2D eigenvalue weighted by molar-refractivity contribution is 6.35. The van der Waals surface area contributed by atoms with Crippen LogP contribution in [0.1, 0.15) is 51.0 Å². The minimum absolute atomic E-state index is 0.135. The first-order valence-corrected chi connectivity index (χ1v) is 11.8. The number of aliphatic hydroxyl groups excluding tert-OH is 1. The summed E-state index contributed by atoms with van der Waals surface area (Å²) in [6.45, 7) is 1.98. The summed E-state index contributed by atoms with van der Waals surface area (Å²) in [6.07, 6.45) is 5.64. The summed E-state index contributed by atoms with van der Waals surface area (Å²) in [4.78, 5) is 26.3. The standard InChI is InChI=1S/C25H33ClN2O6/c1-16-7-4-5-10-25(32)15-19(34-24(31)27-25)14-18(29)8-6-9-22(30)28(2)20-12-17(11-16)13-21(33-3)23(20)26/h4-5,7,12-13,18-19,29,32H,6,8-11,14-15H2,1-3H3,(H,27,31)/b5-4+,16-7+/t18-,19?,25-/m1/s1. The molecule has 4 bridgehead atoms. The summed E-state index contributed by atoms with van der Waals surface area (Å²) < 4.78 is 10.7. The van der Waals surface area contributed by atoms with Crippen molar-refractivity contribution >= 4 is 29.3 Å². The summed E-state index contributed by atoms with van der Waals surface area (Å²) in [7, 11) is 3.21. The van der Waals surface area contributed by atoms with Crippen LogP contribution in [-0.4, -0.2) is 54.3 Å². The van der Waals surface area contributed by atoms with Crippen molar-refractivity contribution in [2.75, 3.05) is 19.1 Å². The molecule has 1 aromatic carbocycles. The molecule has 9 heteroatoms. The maximum Gasteiger partial charge on any atom is 0.409 e. The molecule has 3 N–H and O–H groups in total. The lowest BCUT2D eigenvalue weighted by Gasteiger charge is -2.37. The number of hydrogen-bond acceptors (Lipinski definition) is 6. The van der Waals surface area contributed by atoms with Gasteiger partial charge in [0.15, 0.2) is 0 Å². The van der Waals surface area contributed by atoms with Crippen LogP contribution in [0, 0.1) is 0 Å². The third kappa shape index (κ3) is 6.74. The number of carbonyl (C=O) groups is 2. The monoisotopic (exact) mass is 492 g/mol. The zero-order valence-electron chi connectivity index (χ0n) is 19.8. The highest BCUT2D eigenvalue weighted by Gasteiger charge is 2.39. The van der Waals surface area contributed by atoms with Crippen molar-refractivity contribution < 1.29 is 29.3 Å². The Morgan fingerprint density at radius 2 is 2.09 bits per heavy atom. The molecule has 0 radical (unpaired) electrons. The van der Waals surface area contributed by atoms with Crippen LogP contribution in [0.4, 0.5) is 10.5 Å². The summed E-state index contributed by atoms with van der Waals surface area (Å²) in [6, 6.07) is 3.73. The van der Waals surface area contributed by atoms with Crippen LogP contribution in [0.15, 0.2) is 35.9 Å². The van der Waals surface area contributed by atoms with Gasteiger partial charge in [0.25, 0.3) is 0 Å². The molecule has 34 heavy (non-hydrogen) atoms. The van der Waals surface area contributed by atoms with E-state index < -0.39 is 24.0 Å². The van der Waals surface area contributed by atoms with E-state index in [9.17, 15) is 19.8 Å². The molecule has 1 aromatic rings. The Kier molecular flexibility index (Phi) is 8.62. The van der Waals surface area contributed by atoms with Crippen molar-refractivity contribution in [1.29, 1.82) is 0 Å². The van der Waals surface area contributed by atoms with Crippen molar-refractivity contribution in [3.63, 3.8) is 0 Å². The number of fused-ring (bicyclic) bond motifs is 4.